The average Bonchev–Trinajstić information content (AvgIpc) is 1.60. The first-order valence-electron chi connectivity index (χ1n) is 43.4. The number of nitrogens with zero attached hydrogens (tertiary/aromatic N) is 15. The zero-order chi connectivity index (χ0) is 86.6. The van der Waals surface area contributed by atoms with Crippen LogP contribution in [0.4, 0.5) is 43.4 Å². The van der Waals surface area contributed by atoms with Gasteiger partial charge in [-0.2, -0.15) is 0 Å². The Morgan fingerprint density at radius 1 is 0.432 bits per heavy atom. The first-order valence-corrected chi connectivity index (χ1v) is 43.4. The molecule has 4 aromatic carbocycles. The number of piperazine rings is 2. The van der Waals surface area contributed by atoms with Crippen LogP contribution in [0.2, 0.25) is 0 Å². The molecule has 6 N–H and O–H groups in total. The first kappa shape index (κ1) is 85.1. The molecule has 0 spiro atoms. The summed E-state index contributed by atoms with van der Waals surface area (Å²) in [6.07, 6.45) is 17.8. The summed E-state index contributed by atoms with van der Waals surface area (Å²) < 4.78 is 31.7. The van der Waals surface area contributed by atoms with Crippen molar-refractivity contribution in [3.63, 3.8) is 0 Å². The zero-order valence-corrected chi connectivity index (χ0v) is 69.4. The number of piperidine rings is 2. The number of imide groups is 4. The quantitative estimate of drug-likeness (QED) is 0.0196. The van der Waals surface area contributed by atoms with Crippen LogP contribution in [0.1, 0.15) is 193 Å². The Morgan fingerprint density at radius 3 is 1.34 bits per heavy atom. The largest absolute Gasteiger partial charge is 0.481 e. The molecule has 14 heterocycles. The van der Waals surface area contributed by atoms with Gasteiger partial charge in [0.2, 0.25) is 29.5 Å². The highest BCUT2D eigenvalue weighted by Crippen LogP contribution is 2.40. The molecule has 4 atom stereocenters. The second kappa shape index (κ2) is 38.9. The molecule has 9 amide bonds. The van der Waals surface area contributed by atoms with Crippen LogP contribution in [0.5, 0.6) is 0 Å². The third-order valence-electron chi connectivity index (χ3n) is 24.3. The summed E-state index contributed by atoms with van der Waals surface area (Å²) in [5.74, 6) is -1.65. The van der Waals surface area contributed by atoms with Gasteiger partial charge in [-0.15, -0.1) is 10.2 Å². The second-order valence-electron chi connectivity index (χ2n) is 32.6. The summed E-state index contributed by atoms with van der Waals surface area (Å²) in [7, 11) is 0. The average molecular weight is 1700 g/mol. The molecule has 6 aromatic heterocycles. The van der Waals surface area contributed by atoms with Crippen molar-refractivity contribution < 1.29 is 61.8 Å². The van der Waals surface area contributed by atoms with Gasteiger partial charge in [0, 0.05) is 116 Å². The number of carboxylic acid groups (broad SMARTS) is 1. The molecule has 125 heavy (non-hydrogen) atoms. The number of halogens is 2. The predicted octanol–water partition coefficient (Wildman–Crippen LogP) is 11.4. The minimum absolute atomic E-state index is 0.0512. The van der Waals surface area contributed by atoms with Crippen LogP contribution in [0.15, 0.2) is 158 Å². The standard InChI is InChI=1S/C46H49FN10O5.C25H26FN7.C21H25N3O6/c47-31-10-6-9-30(27-31)36-12-8-22-55(36)41-19-18-39-49-29-38(57(39)52-41)35-11-7-13-40(50-35)53-23-25-54(26-24-53)43(59)14-4-2-1-3-5-21-48-32-15-16-33-34(28-32)46(62)56(45(33)61)37-17-20-42(58)51-44(37)60;26-19-5-1-4-18(16-19)21-7-3-13-32(21)25-10-9-23-28-17-22(33(23)30-25)20-6-2-8-24(29-20)31-14-11-27-12-15-31;25-17-10-9-16(19(28)23-17)24-20(29)14-8-7-13(12-15(14)21(24)30)22-11-5-3-1-2-4-6-18(26)27/h6-7,9-11,13,15-16,18-19,27-29,36-37,48H,1-5,8,12,14,17,20-26H2,(H,51,58,60);1-2,4-6,8-10,16-17,21,27H,3,7,11-15H2;7-8,12,16,22H,1-6,9-11H2,(H,26,27)(H,23,25,28)/t36-,37?;21-;/m11./s1. The van der Waals surface area contributed by atoms with Gasteiger partial charge in [-0.3, -0.25) is 68.4 Å². The van der Waals surface area contributed by atoms with Gasteiger partial charge in [-0.1, -0.05) is 74.9 Å². The number of aromatic nitrogens is 8. The van der Waals surface area contributed by atoms with E-state index in [0.717, 1.165) is 207 Å². The molecule has 33 heteroatoms. The molecule has 18 rings (SSSR count). The number of amides is 9. The van der Waals surface area contributed by atoms with E-state index in [-0.39, 0.29) is 84.0 Å². The van der Waals surface area contributed by atoms with Crippen LogP contribution in [0.3, 0.4) is 0 Å². The summed E-state index contributed by atoms with van der Waals surface area (Å²) in [4.78, 5) is 154. The Balaban J connectivity index is 0.000000153. The number of hydrogen-bond donors (Lipinski definition) is 6. The molecule has 6 fully saturated rings. The van der Waals surface area contributed by atoms with Crippen molar-refractivity contribution in [2.24, 2.45) is 0 Å². The van der Waals surface area contributed by atoms with Crippen LogP contribution in [-0.2, 0) is 28.8 Å². The molecule has 2 unspecified atom stereocenters. The number of unbranched alkanes of at least 4 members (excludes halogenated alkanes) is 8. The predicted molar refractivity (Wildman–Crippen MR) is 464 cm³/mol. The van der Waals surface area contributed by atoms with Crippen molar-refractivity contribution in [3.05, 3.63) is 203 Å². The van der Waals surface area contributed by atoms with Crippen molar-refractivity contribution in [1.82, 2.24) is 69.8 Å². The van der Waals surface area contributed by atoms with Crippen molar-refractivity contribution in [1.29, 1.82) is 0 Å². The molecular formula is C92H100F2N20O11. The number of benzene rings is 4. The molecule has 0 bridgehead atoms. The third kappa shape index (κ3) is 19.5. The lowest BCUT2D eigenvalue weighted by Gasteiger charge is -2.35. The van der Waals surface area contributed by atoms with E-state index in [9.17, 15) is 56.7 Å². The Morgan fingerprint density at radius 2 is 0.872 bits per heavy atom. The molecule has 0 saturated carbocycles. The van der Waals surface area contributed by atoms with Crippen molar-refractivity contribution in [2.45, 2.75) is 153 Å². The minimum atomic E-state index is -0.986. The maximum absolute atomic E-state index is 14.1. The number of imidazole rings is 2. The highest BCUT2D eigenvalue weighted by molar-refractivity contribution is 6.25. The Bertz CT molecular complexity index is 5730. The number of carbonyl (C=O) groups excluding carboxylic acids is 9. The number of fused-ring (bicyclic) bond motifs is 4. The fourth-order valence-electron chi connectivity index (χ4n) is 17.8. The summed E-state index contributed by atoms with van der Waals surface area (Å²) in [6.45, 7) is 9.58. The monoisotopic (exact) mass is 1700 g/mol. The van der Waals surface area contributed by atoms with E-state index in [1.165, 1.54) is 12.1 Å². The van der Waals surface area contributed by atoms with Crippen LogP contribution < -0.4 is 46.2 Å². The first-order chi connectivity index (χ1) is 60.9. The second-order valence-corrected chi connectivity index (χ2v) is 32.6. The zero-order valence-electron chi connectivity index (χ0n) is 69.4. The fourth-order valence-corrected chi connectivity index (χ4v) is 17.8. The number of anilines is 6. The van der Waals surface area contributed by atoms with Crippen LogP contribution >= 0.6 is 0 Å². The van der Waals surface area contributed by atoms with Gasteiger partial charge in [-0.25, -0.2) is 37.7 Å². The molecule has 0 radical (unpaired) electrons. The fraction of sp³-hybridized carbons (Fsp3) is 0.391. The van der Waals surface area contributed by atoms with E-state index in [4.69, 9.17) is 25.3 Å². The van der Waals surface area contributed by atoms with Gasteiger partial charge >= 0.3 is 5.97 Å². The van der Waals surface area contributed by atoms with Crippen LogP contribution in [-0.4, -0.2) is 209 Å². The lowest BCUT2D eigenvalue weighted by atomic mass is 10.0. The van der Waals surface area contributed by atoms with Crippen molar-refractivity contribution in [2.75, 3.05) is 109 Å². The van der Waals surface area contributed by atoms with Gasteiger partial charge in [0.1, 0.15) is 58.4 Å². The maximum atomic E-state index is 14.1. The SMILES string of the molecule is Fc1cccc([C@H]2CCCN2c2ccc3ncc(-c4cccc(N5CCNCC5)n4)n3n2)c1.O=C(O)CCCCCCCNc1ccc2c(c1)C(=O)N(C1CCC(=O)NC1=O)C2=O.O=C1CCC(N2C(=O)c3ccc(NCCCCCCCC(=O)N4CCN(c5cccc(-c6cnc7ccc(N8CCC[C@@H]8c8cccc(F)c8)nn67)n5)CC4)cc3C2=O)C(=O)N1. The summed E-state index contributed by atoms with van der Waals surface area (Å²) in [6, 6.07) is 41.9. The number of pyridine rings is 2. The molecule has 8 aliphatic rings. The minimum Gasteiger partial charge on any atom is -0.481 e. The molecule has 648 valence electrons. The van der Waals surface area contributed by atoms with Gasteiger partial charge in [0.15, 0.2) is 11.3 Å². The van der Waals surface area contributed by atoms with Gasteiger partial charge in [0.25, 0.3) is 23.6 Å². The topological polar surface area (TPSA) is 360 Å². The Labute approximate surface area is 720 Å². The van der Waals surface area contributed by atoms with Gasteiger partial charge in [0.05, 0.1) is 58.1 Å². The highest BCUT2D eigenvalue weighted by atomic mass is 19.1. The van der Waals surface area contributed by atoms with E-state index < -0.39 is 65.3 Å². The summed E-state index contributed by atoms with van der Waals surface area (Å²) in [5, 5.41) is 32.9. The van der Waals surface area contributed by atoms with E-state index in [2.05, 4.69) is 62.2 Å². The lowest BCUT2D eigenvalue weighted by Crippen LogP contribution is -2.54. The molecule has 10 aromatic rings. The van der Waals surface area contributed by atoms with Crippen molar-refractivity contribution in [3.8, 4) is 22.8 Å². The highest BCUT2D eigenvalue weighted by Gasteiger charge is 2.47. The molecule has 31 nitrogen and oxygen atoms in total. The molecular weight excluding hydrogens is 1600 g/mol. The van der Waals surface area contributed by atoms with Crippen molar-refractivity contribution >= 4 is 105 Å². The molecule has 6 saturated heterocycles. The normalized spacial score (nSPS) is 18.9. The van der Waals surface area contributed by atoms with Gasteiger partial charge in [-0.05, 0) is 185 Å². The maximum Gasteiger partial charge on any atom is 0.303 e. The van der Waals surface area contributed by atoms with Crippen LogP contribution in [0, 0.1) is 11.6 Å². The van der Waals surface area contributed by atoms with Gasteiger partial charge < -0.3 is 45.6 Å². The van der Waals surface area contributed by atoms with E-state index >= 15 is 0 Å². The Kier molecular flexibility index (Phi) is 26.5. The van der Waals surface area contributed by atoms with E-state index in [1.54, 1.807) is 66.9 Å². The molecule has 8 aliphatic heterocycles. The number of nitrogens with one attached hydrogen (secondary N) is 5. The number of rotatable bonds is 28. The summed E-state index contributed by atoms with van der Waals surface area (Å²) >= 11 is 0. The van der Waals surface area contributed by atoms with Crippen LogP contribution in [0.25, 0.3) is 34.1 Å². The third-order valence-corrected chi connectivity index (χ3v) is 24.3. The van der Waals surface area contributed by atoms with E-state index in [1.807, 2.05) is 86.9 Å². The lowest BCUT2D eigenvalue weighted by molar-refractivity contribution is -0.138. The number of hydrogen-bond acceptors (Lipinski definition) is 23. The number of carbonyl (C=O) groups is 10. The number of aliphatic carboxylic acids is 1. The van der Waals surface area contributed by atoms with E-state index in [0.29, 0.717) is 57.8 Å². The number of carboxylic acids is 1. The summed E-state index contributed by atoms with van der Waals surface area (Å²) in [5.41, 5.74) is 9.16. The smallest absolute Gasteiger partial charge is 0.303 e. The molecule has 0 aliphatic carbocycles. The Hall–Kier alpha value is -13.5.